The van der Waals surface area contributed by atoms with Gasteiger partial charge in [0.05, 0.1) is 12.7 Å². The Morgan fingerprint density at radius 2 is 1.59 bits per heavy atom. The van der Waals surface area contributed by atoms with Gasteiger partial charge in [-0.05, 0) is 92.0 Å². The Labute approximate surface area is 191 Å². The maximum Gasteiger partial charge on any atom is 0.251 e. The second kappa shape index (κ2) is 8.55. The second-order valence-electron chi connectivity index (χ2n) is 10.6. The van der Waals surface area contributed by atoms with Gasteiger partial charge in [-0.25, -0.2) is 0 Å². The van der Waals surface area contributed by atoms with Crippen LogP contribution in [0.4, 0.5) is 5.69 Å². The zero-order chi connectivity index (χ0) is 21.5. The van der Waals surface area contributed by atoms with Crippen LogP contribution in [0.5, 0.6) is 0 Å². The van der Waals surface area contributed by atoms with Gasteiger partial charge in [-0.15, -0.1) is 0 Å². The number of nitrogens with zero attached hydrogens (tertiary/aromatic N) is 1. The number of hydrogen-bond donors (Lipinski definition) is 1. The highest BCUT2D eigenvalue weighted by atomic mass is 16.5. The summed E-state index contributed by atoms with van der Waals surface area (Å²) < 4.78 is 6.13. The van der Waals surface area contributed by atoms with Crippen molar-refractivity contribution in [2.24, 2.45) is 23.7 Å². The molecule has 5 fully saturated rings. The first kappa shape index (κ1) is 20.3. The molecular formula is C28H34N2O2. The number of carbonyl (C=O) groups excluding carboxylic acids is 1. The van der Waals surface area contributed by atoms with Crippen molar-refractivity contribution in [3.05, 3.63) is 65.7 Å². The SMILES string of the molecule is O=C(NC1C2CC3CC(C2)CC1C3)c1ccc(N2CCC(OCc3ccccc3)C2)cc1. The summed E-state index contributed by atoms with van der Waals surface area (Å²) in [4.78, 5) is 15.4. The van der Waals surface area contributed by atoms with E-state index in [0.29, 0.717) is 24.5 Å². The first-order valence-electron chi connectivity index (χ1n) is 12.5. The van der Waals surface area contributed by atoms with Crippen molar-refractivity contribution in [2.75, 3.05) is 18.0 Å². The molecule has 7 rings (SSSR count). The fraction of sp³-hybridized carbons (Fsp3) is 0.536. The van der Waals surface area contributed by atoms with Crippen LogP contribution in [-0.4, -0.2) is 31.1 Å². The van der Waals surface area contributed by atoms with Crippen LogP contribution in [0.3, 0.4) is 0 Å². The molecule has 0 radical (unpaired) electrons. The Morgan fingerprint density at radius 3 is 2.28 bits per heavy atom. The van der Waals surface area contributed by atoms with E-state index in [2.05, 4.69) is 46.6 Å². The predicted octanol–water partition coefficient (Wildman–Crippen LogP) is 5.04. The van der Waals surface area contributed by atoms with Crippen molar-refractivity contribution in [1.29, 1.82) is 0 Å². The summed E-state index contributed by atoms with van der Waals surface area (Å²) in [6.45, 7) is 2.58. The summed E-state index contributed by atoms with van der Waals surface area (Å²) in [5, 5.41) is 3.43. The lowest BCUT2D eigenvalue weighted by Crippen LogP contribution is -2.55. The Morgan fingerprint density at radius 1 is 0.906 bits per heavy atom. The van der Waals surface area contributed by atoms with E-state index in [9.17, 15) is 4.79 Å². The third-order valence-electron chi connectivity index (χ3n) is 8.49. The molecule has 1 unspecified atom stereocenters. The van der Waals surface area contributed by atoms with Crippen LogP contribution < -0.4 is 10.2 Å². The number of hydrogen-bond acceptors (Lipinski definition) is 3. The van der Waals surface area contributed by atoms with E-state index in [-0.39, 0.29) is 12.0 Å². The molecule has 32 heavy (non-hydrogen) atoms. The molecule has 4 saturated carbocycles. The van der Waals surface area contributed by atoms with Crippen molar-refractivity contribution in [1.82, 2.24) is 5.32 Å². The van der Waals surface area contributed by atoms with Gasteiger partial charge in [0.2, 0.25) is 0 Å². The largest absolute Gasteiger partial charge is 0.372 e. The summed E-state index contributed by atoms with van der Waals surface area (Å²) in [6, 6.07) is 19.0. The molecule has 1 N–H and O–H groups in total. The highest BCUT2D eigenvalue weighted by Gasteiger charge is 2.48. The zero-order valence-corrected chi connectivity index (χ0v) is 18.8. The molecule has 5 aliphatic rings. The maximum absolute atomic E-state index is 13.0. The summed E-state index contributed by atoms with van der Waals surface area (Å²) in [5.74, 6) is 3.41. The molecule has 1 heterocycles. The van der Waals surface area contributed by atoms with E-state index in [1.807, 2.05) is 18.2 Å². The topological polar surface area (TPSA) is 41.6 Å². The first-order chi connectivity index (χ1) is 15.7. The average Bonchev–Trinajstić information content (AvgIpc) is 3.29. The molecule has 2 aromatic rings. The number of rotatable bonds is 6. The van der Waals surface area contributed by atoms with Gasteiger partial charge in [-0.1, -0.05) is 30.3 Å². The molecule has 4 bridgehead atoms. The number of carbonyl (C=O) groups is 1. The molecule has 4 nitrogen and oxygen atoms in total. The van der Waals surface area contributed by atoms with Crippen LogP contribution >= 0.6 is 0 Å². The number of benzene rings is 2. The molecule has 4 heteroatoms. The first-order valence-corrected chi connectivity index (χ1v) is 12.5. The van der Waals surface area contributed by atoms with E-state index in [4.69, 9.17) is 4.74 Å². The van der Waals surface area contributed by atoms with E-state index in [1.165, 1.54) is 43.4 Å². The van der Waals surface area contributed by atoms with Gasteiger partial charge < -0.3 is 15.0 Å². The molecule has 4 aliphatic carbocycles. The van der Waals surface area contributed by atoms with E-state index >= 15 is 0 Å². The van der Waals surface area contributed by atoms with Gasteiger partial charge in [0.1, 0.15) is 0 Å². The highest BCUT2D eigenvalue weighted by molar-refractivity contribution is 5.94. The van der Waals surface area contributed by atoms with Gasteiger partial charge in [0.15, 0.2) is 0 Å². The van der Waals surface area contributed by atoms with Gasteiger partial charge in [0, 0.05) is 30.4 Å². The Kier molecular flexibility index (Phi) is 5.42. The molecule has 2 aromatic carbocycles. The molecule has 0 spiro atoms. The number of nitrogens with one attached hydrogen (secondary N) is 1. The van der Waals surface area contributed by atoms with Crippen LogP contribution in [0.25, 0.3) is 0 Å². The van der Waals surface area contributed by atoms with E-state index in [0.717, 1.165) is 36.9 Å². The monoisotopic (exact) mass is 430 g/mol. The number of ether oxygens (including phenoxy) is 1. The third-order valence-corrected chi connectivity index (χ3v) is 8.49. The lowest BCUT2D eigenvalue weighted by molar-refractivity contribution is -0.0119. The van der Waals surface area contributed by atoms with Gasteiger partial charge in [-0.2, -0.15) is 0 Å². The third kappa shape index (κ3) is 4.05. The predicted molar refractivity (Wildman–Crippen MR) is 127 cm³/mol. The fourth-order valence-corrected chi connectivity index (χ4v) is 7.11. The summed E-state index contributed by atoms with van der Waals surface area (Å²) >= 11 is 0. The van der Waals surface area contributed by atoms with Crippen molar-refractivity contribution in [3.63, 3.8) is 0 Å². The second-order valence-corrected chi connectivity index (χ2v) is 10.6. The number of anilines is 1. The fourth-order valence-electron chi connectivity index (χ4n) is 7.11. The van der Waals surface area contributed by atoms with Crippen LogP contribution in [0.2, 0.25) is 0 Å². The van der Waals surface area contributed by atoms with E-state index < -0.39 is 0 Å². The Balaban J connectivity index is 1.03. The minimum atomic E-state index is 0.111. The Hall–Kier alpha value is -2.33. The standard InChI is InChI=1S/C28H34N2O2/c31-28(29-27-23-13-20-12-21(15-23)16-24(27)14-20)22-6-8-25(9-7-22)30-11-10-26(17-30)32-18-19-4-2-1-3-5-19/h1-9,20-21,23-24,26-27H,10-18H2,(H,29,31). The van der Waals surface area contributed by atoms with Crippen molar-refractivity contribution in [2.45, 2.75) is 57.3 Å². The van der Waals surface area contributed by atoms with Crippen molar-refractivity contribution >= 4 is 11.6 Å². The molecule has 168 valence electrons. The molecular weight excluding hydrogens is 396 g/mol. The lowest BCUT2D eigenvalue weighted by Gasteiger charge is -2.54. The van der Waals surface area contributed by atoms with Gasteiger partial charge in [0.25, 0.3) is 5.91 Å². The van der Waals surface area contributed by atoms with Crippen molar-refractivity contribution < 1.29 is 9.53 Å². The molecule has 0 aromatic heterocycles. The maximum atomic E-state index is 13.0. The molecule has 1 saturated heterocycles. The van der Waals surface area contributed by atoms with Gasteiger partial charge in [-0.3, -0.25) is 4.79 Å². The summed E-state index contributed by atoms with van der Waals surface area (Å²) in [5.41, 5.74) is 3.20. The van der Waals surface area contributed by atoms with E-state index in [1.54, 1.807) is 0 Å². The normalized spacial score (nSPS) is 32.9. The molecule has 1 amide bonds. The van der Waals surface area contributed by atoms with Crippen molar-refractivity contribution in [3.8, 4) is 0 Å². The van der Waals surface area contributed by atoms with Crippen LogP contribution in [0.1, 0.15) is 54.4 Å². The van der Waals surface area contributed by atoms with Crippen LogP contribution in [0.15, 0.2) is 54.6 Å². The number of amides is 1. The summed E-state index contributed by atoms with van der Waals surface area (Å²) in [7, 11) is 0. The minimum Gasteiger partial charge on any atom is -0.372 e. The quantitative estimate of drug-likeness (QED) is 0.698. The highest BCUT2D eigenvalue weighted by Crippen LogP contribution is 2.53. The smallest absolute Gasteiger partial charge is 0.251 e. The summed E-state index contributed by atoms with van der Waals surface area (Å²) in [6.07, 6.45) is 8.08. The Bertz CT molecular complexity index is 914. The van der Waals surface area contributed by atoms with Gasteiger partial charge >= 0.3 is 0 Å². The molecule has 1 atom stereocenters. The van der Waals surface area contributed by atoms with Crippen LogP contribution in [0, 0.1) is 23.7 Å². The molecule has 1 aliphatic heterocycles. The average molecular weight is 431 g/mol. The minimum absolute atomic E-state index is 0.111. The lowest BCUT2D eigenvalue weighted by atomic mass is 9.54. The zero-order valence-electron chi connectivity index (χ0n) is 18.8. The van der Waals surface area contributed by atoms with Crippen LogP contribution in [-0.2, 0) is 11.3 Å².